The topological polar surface area (TPSA) is 73.8 Å². The van der Waals surface area contributed by atoms with Crippen LogP contribution < -0.4 is 5.32 Å². The summed E-state index contributed by atoms with van der Waals surface area (Å²) in [6.07, 6.45) is 0. The van der Waals surface area contributed by atoms with Crippen LogP contribution >= 0.6 is 0 Å². The zero-order valence-corrected chi connectivity index (χ0v) is 9.07. The predicted octanol–water partition coefficient (Wildman–Crippen LogP) is 1.11. The van der Waals surface area contributed by atoms with E-state index in [0.717, 1.165) is 17.2 Å². The number of hydrogen-bond acceptors (Lipinski definition) is 4. The van der Waals surface area contributed by atoms with Gasteiger partial charge >= 0.3 is 0 Å². The normalized spacial score (nSPS) is 10.6. The van der Waals surface area contributed by atoms with Gasteiger partial charge in [0.15, 0.2) is 5.82 Å². The lowest BCUT2D eigenvalue weighted by molar-refractivity contribution is 0.464. The Labute approximate surface area is 93.5 Å². The van der Waals surface area contributed by atoms with Crippen LogP contribution in [0.15, 0.2) is 24.3 Å². The van der Waals surface area contributed by atoms with Crippen molar-refractivity contribution in [1.82, 2.24) is 20.5 Å². The number of aromatic hydroxyl groups is 1. The van der Waals surface area contributed by atoms with E-state index in [-0.39, 0.29) is 0 Å². The minimum Gasteiger partial charge on any atom is -0.508 e. The molecular formula is C11H14N4O. The van der Waals surface area contributed by atoms with Gasteiger partial charge in [-0.1, -0.05) is 18.2 Å². The molecule has 5 nitrogen and oxygen atoms in total. The van der Waals surface area contributed by atoms with Gasteiger partial charge in [0.25, 0.3) is 0 Å². The maximum atomic E-state index is 9.53. The highest BCUT2D eigenvalue weighted by atomic mass is 16.3. The van der Waals surface area contributed by atoms with Crippen LogP contribution in [0.3, 0.4) is 0 Å². The SMILES string of the molecule is Cc1nc(CNCc2ccccc2O)n[nH]1. The Kier molecular flexibility index (Phi) is 3.16. The van der Waals surface area contributed by atoms with Gasteiger partial charge in [0.1, 0.15) is 11.6 Å². The summed E-state index contributed by atoms with van der Waals surface area (Å²) in [5.74, 6) is 1.84. The number of aryl methyl sites for hydroxylation is 1. The molecule has 1 aromatic heterocycles. The quantitative estimate of drug-likeness (QED) is 0.718. The van der Waals surface area contributed by atoms with E-state index in [1.165, 1.54) is 0 Å². The molecule has 1 aromatic carbocycles. The van der Waals surface area contributed by atoms with Crippen LogP contribution in [0.5, 0.6) is 5.75 Å². The number of phenols is 1. The fourth-order valence-electron chi connectivity index (χ4n) is 1.44. The zero-order chi connectivity index (χ0) is 11.4. The lowest BCUT2D eigenvalue weighted by Crippen LogP contribution is -2.13. The minimum atomic E-state index is 0.307. The Hall–Kier alpha value is -1.88. The number of nitrogens with zero attached hydrogens (tertiary/aromatic N) is 2. The summed E-state index contributed by atoms with van der Waals surface area (Å²) in [5, 5.41) is 19.5. The highest BCUT2D eigenvalue weighted by Crippen LogP contribution is 2.14. The zero-order valence-electron chi connectivity index (χ0n) is 9.07. The summed E-state index contributed by atoms with van der Waals surface area (Å²) in [5.41, 5.74) is 0.870. The fourth-order valence-corrected chi connectivity index (χ4v) is 1.44. The Morgan fingerprint density at radius 3 is 2.81 bits per heavy atom. The Morgan fingerprint density at radius 1 is 1.31 bits per heavy atom. The Balaban J connectivity index is 1.87. The summed E-state index contributed by atoms with van der Waals surface area (Å²) < 4.78 is 0. The lowest BCUT2D eigenvalue weighted by Gasteiger charge is -2.04. The van der Waals surface area contributed by atoms with E-state index in [9.17, 15) is 5.11 Å². The van der Waals surface area contributed by atoms with Crippen LogP contribution in [0.1, 0.15) is 17.2 Å². The van der Waals surface area contributed by atoms with Gasteiger partial charge < -0.3 is 10.4 Å². The van der Waals surface area contributed by atoms with E-state index in [1.54, 1.807) is 12.1 Å². The standard InChI is InChI=1S/C11H14N4O/c1-8-13-11(15-14-8)7-12-6-9-4-2-3-5-10(9)16/h2-5,12,16H,6-7H2,1H3,(H,13,14,15). The molecule has 0 fully saturated rings. The van der Waals surface area contributed by atoms with Gasteiger partial charge in [-0.3, -0.25) is 5.10 Å². The molecule has 3 N–H and O–H groups in total. The molecule has 0 spiro atoms. The van der Waals surface area contributed by atoms with E-state index < -0.39 is 0 Å². The van der Waals surface area contributed by atoms with E-state index >= 15 is 0 Å². The molecule has 0 amide bonds. The first-order valence-electron chi connectivity index (χ1n) is 5.11. The van der Waals surface area contributed by atoms with E-state index in [1.807, 2.05) is 19.1 Å². The molecular weight excluding hydrogens is 204 g/mol. The predicted molar refractivity (Wildman–Crippen MR) is 59.8 cm³/mol. The molecule has 84 valence electrons. The van der Waals surface area contributed by atoms with E-state index in [4.69, 9.17) is 0 Å². The minimum absolute atomic E-state index is 0.307. The average molecular weight is 218 g/mol. The molecule has 0 radical (unpaired) electrons. The van der Waals surface area contributed by atoms with Crippen molar-refractivity contribution in [3.63, 3.8) is 0 Å². The van der Waals surface area contributed by atoms with Crippen molar-refractivity contribution < 1.29 is 5.11 Å². The third-order valence-electron chi connectivity index (χ3n) is 2.23. The molecule has 0 unspecified atom stereocenters. The number of para-hydroxylation sites is 1. The smallest absolute Gasteiger partial charge is 0.164 e. The van der Waals surface area contributed by atoms with Crippen LogP contribution in [0.25, 0.3) is 0 Å². The lowest BCUT2D eigenvalue weighted by atomic mass is 10.2. The molecule has 16 heavy (non-hydrogen) atoms. The number of aromatic nitrogens is 3. The summed E-state index contributed by atoms with van der Waals surface area (Å²) in [6.45, 7) is 3.04. The Morgan fingerprint density at radius 2 is 2.12 bits per heavy atom. The number of phenolic OH excluding ortho intramolecular Hbond substituents is 1. The molecule has 0 bridgehead atoms. The second kappa shape index (κ2) is 4.76. The van der Waals surface area contributed by atoms with E-state index in [2.05, 4.69) is 20.5 Å². The molecule has 2 aromatic rings. The molecule has 0 saturated heterocycles. The summed E-state index contributed by atoms with van der Waals surface area (Å²) >= 11 is 0. The van der Waals surface area contributed by atoms with Crippen molar-refractivity contribution in [3.8, 4) is 5.75 Å². The van der Waals surface area contributed by atoms with Gasteiger partial charge in [0, 0.05) is 12.1 Å². The van der Waals surface area contributed by atoms with Crippen LogP contribution in [0.4, 0.5) is 0 Å². The second-order valence-electron chi connectivity index (χ2n) is 3.57. The number of rotatable bonds is 4. The molecule has 5 heteroatoms. The van der Waals surface area contributed by atoms with Gasteiger partial charge in [-0.25, -0.2) is 4.98 Å². The van der Waals surface area contributed by atoms with Gasteiger partial charge in [-0.2, -0.15) is 5.10 Å². The van der Waals surface area contributed by atoms with Crippen LogP contribution in [0, 0.1) is 6.92 Å². The second-order valence-corrected chi connectivity index (χ2v) is 3.57. The van der Waals surface area contributed by atoms with Crippen molar-refractivity contribution in [2.45, 2.75) is 20.0 Å². The molecule has 2 rings (SSSR count). The van der Waals surface area contributed by atoms with Crippen molar-refractivity contribution in [3.05, 3.63) is 41.5 Å². The molecule has 0 aliphatic carbocycles. The van der Waals surface area contributed by atoms with Gasteiger partial charge in [-0.05, 0) is 13.0 Å². The van der Waals surface area contributed by atoms with E-state index in [0.29, 0.717) is 18.8 Å². The van der Waals surface area contributed by atoms with Gasteiger partial charge in [-0.15, -0.1) is 0 Å². The number of hydrogen-bond donors (Lipinski definition) is 3. The first-order chi connectivity index (χ1) is 7.75. The van der Waals surface area contributed by atoms with Crippen molar-refractivity contribution in [2.24, 2.45) is 0 Å². The highest BCUT2D eigenvalue weighted by Gasteiger charge is 2.01. The van der Waals surface area contributed by atoms with Crippen LogP contribution in [0.2, 0.25) is 0 Å². The number of benzene rings is 1. The van der Waals surface area contributed by atoms with Crippen LogP contribution in [-0.2, 0) is 13.1 Å². The number of H-pyrrole nitrogens is 1. The summed E-state index contributed by atoms with van der Waals surface area (Å²) in [6, 6.07) is 7.25. The molecule has 1 heterocycles. The van der Waals surface area contributed by atoms with Crippen LogP contribution in [-0.4, -0.2) is 20.3 Å². The number of nitrogens with one attached hydrogen (secondary N) is 2. The first-order valence-corrected chi connectivity index (χ1v) is 5.11. The van der Waals surface area contributed by atoms with Crippen molar-refractivity contribution in [1.29, 1.82) is 0 Å². The monoisotopic (exact) mass is 218 g/mol. The molecule has 0 saturated carbocycles. The average Bonchev–Trinajstić information content (AvgIpc) is 2.67. The Bertz CT molecular complexity index is 467. The molecule has 0 aliphatic heterocycles. The third-order valence-corrected chi connectivity index (χ3v) is 2.23. The number of aromatic amines is 1. The first kappa shape index (κ1) is 10.6. The van der Waals surface area contributed by atoms with Gasteiger partial charge in [0.05, 0.1) is 6.54 Å². The summed E-state index contributed by atoms with van der Waals surface area (Å²) in [7, 11) is 0. The summed E-state index contributed by atoms with van der Waals surface area (Å²) in [4.78, 5) is 4.17. The van der Waals surface area contributed by atoms with Crippen molar-refractivity contribution >= 4 is 0 Å². The maximum Gasteiger partial charge on any atom is 0.164 e. The largest absolute Gasteiger partial charge is 0.508 e. The van der Waals surface area contributed by atoms with Gasteiger partial charge in [0.2, 0.25) is 0 Å². The maximum absolute atomic E-state index is 9.53. The fraction of sp³-hybridized carbons (Fsp3) is 0.273. The third kappa shape index (κ3) is 2.58. The molecule has 0 atom stereocenters. The highest BCUT2D eigenvalue weighted by molar-refractivity contribution is 5.31. The molecule has 0 aliphatic rings. The van der Waals surface area contributed by atoms with Crippen molar-refractivity contribution in [2.75, 3.05) is 0 Å².